The van der Waals surface area contributed by atoms with E-state index in [4.69, 9.17) is 15.2 Å². The summed E-state index contributed by atoms with van der Waals surface area (Å²) >= 11 is 0. The highest BCUT2D eigenvalue weighted by Gasteiger charge is 2.14. The second-order valence-corrected chi connectivity index (χ2v) is 16.5. The first-order valence-corrected chi connectivity index (χ1v) is 24.2. The van der Waals surface area contributed by atoms with E-state index in [1.54, 1.807) is 0 Å². The fourth-order valence-electron chi connectivity index (χ4n) is 7.37. The predicted molar refractivity (Wildman–Crippen MR) is 237 cm³/mol. The van der Waals surface area contributed by atoms with Crippen LogP contribution in [0.2, 0.25) is 0 Å². The van der Waals surface area contributed by atoms with E-state index in [1.165, 1.54) is 154 Å². The molecule has 0 heterocycles. The first-order valence-electron chi connectivity index (χ1n) is 24.2. The lowest BCUT2D eigenvalue weighted by Gasteiger charge is -2.22. The van der Waals surface area contributed by atoms with E-state index in [0.717, 1.165) is 83.4 Å². The molecule has 0 saturated carbocycles. The molecule has 0 amide bonds. The van der Waals surface area contributed by atoms with Crippen molar-refractivity contribution in [2.45, 2.75) is 252 Å². The van der Waals surface area contributed by atoms with Crippen LogP contribution in [-0.2, 0) is 19.1 Å². The minimum Gasteiger partial charge on any atom is -0.466 e. The molecule has 0 saturated heterocycles. The molecule has 0 aliphatic rings. The predicted octanol–water partition coefficient (Wildman–Crippen LogP) is 13.5. The highest BCUT2D eigenvalue weighted by Crippen LogP contribution is 2.18. The standard InChI is InChI=1S/C48H95N3O4/c1-5-9-12-15-18-27-34-44-54-47(52)38-30-23-19-25-32-41-51(43-35-40-50-46(49)8-4)42-33-26-20-24-31-39-48(53)55-45(36-28-21-16-13-10-6-2)37-29-22-17-14-11-7-3/h8,45,50H,5-7,9-44,49H2,1-4H3/b46-8+. The third-order valence-electron chi connectivity index (χ3n) is 11.1. The van der Waals surface area contributed by atoms with Gasteiger partial charge in [-0.1, -0.05) is 162 Å². The van der Waals surface area contributed by atoms with E-state index in [-0.39, 0.29) is 18.0 Å². The Labute approximate surface area is 342 Å². The van der Waals surface area contributed by atoms with Gasteiger partial charge in [-0.15, -0.1) is 0 Å². The van der Waals surface area contributed by atoms with E-state index in [9.17, 15) is 9.59 Å². The number of nitrogens with two attached hydrogens (primary N) is 1. The Morgan fingerprint density at radius 2 is 0.927 bits per heavy atom. The molecule has 0 spiro atoms. The van der Waals surface area contributed by atoms with Gasteiger partial charge in [0.15, 0.2) is 0 Å². The number of nitrogens with zero attached hydrogens (tertiary/aromatic N) is 1. The highest BCUT2D eigenvalue weighted by molar-refractivity contribution is 5.69. The highest BCUT2D eigenvalue weighted by atomic mass is 16.5. The summed E-state index contributed by atoms with van der Waals surface area (Å²) in [6.45, 7) is 13.6. The normalized spacial score (nSPS) is 11.9. The first-order chi connectivity index (χ1) is 27.0. The van der Waals surface area contributed by atoms with Gasteiger partial charge in [0.1, 0.15) is 6.10 Å². The van der Waals surface area contributed by atoms with Crippen LogP contribution in [0.25, 0.3) is 0 Å². The van der Waals surface area contributed by atoms with Crippen LogP contribution in [0, 0.1) is 0 Å². The van der Waals surface area contributed by atoms with E-state index in [2.05, 4.69) is 31.0 Å². The first kappa shape index (κ1) is 53.2. The minimum absolute atomic E-state index is 0.0181. The van der Waals surface area contributed by atoms with Crippen molar-refractivity contribution in [3.8, 4) is 0 Å². The van der Waals surface area contributed by atoms with Crippen LogP contribution in [0.3, 0.4) is 0 Å². The molecule has 0 fully saturated rings. The molecule has 3 N–H and O–H groups in total. The lowest BCUT2D eigenvalue weighted by atomic mass is 10.0. The SMILES string of the molecule is C/C=C(\N)NCCCN(CCCCCCCC(=O)OCCCCCCCCC)CCCCCCCC(=O)OC(CCCCCCCC)CCCCCCCC. The van der Waals surface area contributed by atoms with Gasteiger partial charge in [-0.2, -0.15) is 0 Å². The summed E-state index contributed by atoms with van der Waals surface area (Å²) in [5, 5.41) is 3.30. The Morgan fingerprint density at radius 3 is 1.42 bits per heavy atom. The molecule has 0 aliphatic heterocycles. The van der Waals surface area contributed by atoms with E-state index < -0.39 is 0 Å². The molecular weight excluding hydrogens is 683 g/mol. The van der Waals surface area contributed by atoms with Crippen molar-refractivity contribution in [1.29, 1.82) is 0 Å². The molecule has 0 atom stereocenters. The fraction of sp³-hybridized carbons (Fsp3) is 0.917. The van der Waals surface area contributed by atoms with Crippen LogP contribution < -0.4 is 11.1 Å². The molecular formula is C48H95N3O4. The zero-order valence-electron chi connectivity index (χ0n) is 37.4. The quantitative estimate of drug-likeness (QED) is 0.0470. The molecule has 0 rings (SSSR count). The molecule has 0 unspecified atom stereocenters. The number of hydrogen-bond donors (Lipinski definition) is 2. The van der Waals surface area contributed by atoms with Crippen LogP contribution in [-0.4, -0.2) is 55.7 Å². The van der Waals surface area contributed by atoms with E-state index in [0.29, 0.717) is 19.4 Å². The number of esters is 2. The Hall–Kier alpha value is -1.76. The summed E-state index contributed by atoms with van der Waals surface area (Å²) in [7, 11) is 0. The van der Waals surface area contributed by atoms with E-state index >= 15 is 0 Å². The van der Waals surface area contributed by atoms with Crippen molar-refractivity contribution < 1.29 is 19.1 Å². The summed E-state index contributed by atoms with van der Waals surface area (Å²) in [5.41, 5.74) is 5.94. The van der Waals surface area contributed by atoms with Crippen LogP contribution in [0.15, 0.2) is 11.9 Å². The van der Waals surface area contributed by atoms with Crippen molar-refractivity contribution in [2.24, 2.45) is 5.73 Å². The van der Waals surface area contributed by atoms with Gasteiger partial charge in [-0.05, 0) is 96.8 Å². The lowest BCUT2D eigenvalue weighted by molar-refractivity contribution is -0.150. The second kappa shape index (κ2) is 43.4. The number of carbonyl (C=O) groups excluding carboxylic acids is 2. The smallest absolute Gasteiger partial charge is 0.306 e. The minimum atomic E-state index is -0.0181. The molecule has 0 radical (unpaired) electrons. The number of rotatable bonds is 44. The molecule has 0 bridgehead atoms. The van der Waals surface area contributed by atoms with Crippen LogP contribution >= 0.6 is 0 Å². The Kier molecular flexibility index (Phi) is 42.0. The largest absolute Gasteiger partial charge is 0.466 e. The number of nitrogens with one attached hydrogen (secondary N) is 1. The van der Waals surface area contributed by atoms with Gasteiger partial charge in [0.05, 0.1) is 12.4 Å². The van der Waals surface area contributed by atoms with Gasteiger partial charge in [0.2, 0.25) is 0 Å². The summed E-state index contributed by atoms with van der Waals surface area (Å²) in [6.07, 6.45) is 41.7. The van der Waals surface area contributed by atoms with Crippen LogP contribution in [0.4, 0.5) is 0 Å². The topological polar surface area (TPSA) is 93.9 Å². The maximum absolute atomic E-state index is 12.8. The zero-order chi connectivity index (χ0) is 40.3. The zero-order valence-corrected chi connectivity index (χ0v) is 37.4. The number of allylic oxidation sites excluding steroid dienone is 1. The molecule has 55 heavy (non-hydrogen) atoms. The third kappa shape index (κ3) is 40.2. The average molecular weight is 778 g/mol. The third-order valence-corrected chi connectivity index (χ3v) is 11.1. The summed E-state index contributed by atoms with van der Waals surface area (Å²) in [4.78, 5) is 27.5. The second-order valence-electron chi connectivity index (χ2n) is 16.5. The van der Waals surface area contributed by atoms with Gasteiger partial charge >= 0.3 is 11.9 Å². The number of unbranched alkanes of at least 4 members (excludes halogenated alkanes) is 24. The summed E-state index contributed by atoms with van der Waals surface area (Å²) < 4.78 is 11.5. The average Bonchev–Trinajstić information content (AvgIpc) is 3.18. The molecule has 7 nitrogen and oxygen atoms in total. The van der Waals surface area contributed by atoms with Crippen molar-refractivity contribution in [3.05, 3.63) is 11.9 Å². The van der Waals surface area contributed by atoms with Gasteiger partial charge < -0.3 is 25.4 Å². The van der Waals surface area contributed by atoms with E-state index in [1.807, 2.05) is 13.0 Å². The van der Waals surface area contributed by atoms with Crippen molar-refractivity contribution >= 4 is 11.9 Å². The molecule has 326 valence electrons. The molecule has 0 aliphatic carbocycles. The molecule has 7 heteroatoms. The van der Waals surface area contributed by atoms with Crippen LogP contribution in [0.1, 0.15) is 246 Å². The summed E-state index contributed by atoms with van der Waals surface area (Å²) in [6, 6.07) is 0. The summed E-state index contributed by atoms with van der Waals surface area (Å²) in [5.74, 6) is 0.762. The lowest BCUT2D eigenvalue weighted by Crippen LogP contribution is -2.30. The van der Waals surface area contributed by atoms with Gasteiger partial charge in [-0.3, -0.25) is 9.59 Å². The van der Waals surface area contributed by atoms with Gasteiger partial charge in [-0.25, -0.2) is 0 Å². The monoisotopic (exact) mass is 778 g/mol. The molecule has 0 aromatic carbocycles. The Bertz CT molecular complexity index is 835. The van der Waals surface area contributed by atoms with Crippen LogP contribution in [0.5, 0.6) is 0 Å². The molecule has 0 aromatic rings. The van der Waals surface area contributed by atoms with Gasteiger partial charge in [0, 0.05) is 19.4 Å². The van der Waals surface area contributed by atoms with Gasteiger partial charge in [0.25, 0.3) is 0 Å². The fourth-order valence-corrected chi connectivity index (χ4v) is 7.37. The Balaban J connectivity index is 4.29. The maximum Gasteiger partial charge on any atom is 0.306 e. The van der Waals surface area contributed by atoms with Crippen molar-refractivity contribution in [3.63, 3.8) is 0 Å². The number of hydrogen-bond acceptors (Lipinski definition) is 7. The van der Waals surface area contributed by atoms with Crippen molar-refractivity contribution in [2.75, 3.05) is 32.8 Å². The number of ether oxygens (including phenoxy) is 2. The maximum atomic E-state index is 12.8. The Morgan fingerprint density at radius 1 is 0.527 bits per heavy atom. The molecule has 0 aromatic heterocycles. The number of carbonyl (C=O) groups is 2. The van der Waals surface area contributed by atoms with Crippen molar-refractivity contribution in [1.82, 2.24) is 10.2 Å².